The fourth-order valence-corrected chi connectivity index (χ4v) is 5.42. The number of fused-ring (bicyclic) bond motifs is 1. The van der Waals surface area contributed by atoms with Gasteiger partial charge in [-0.15, -0.1) is 11.3 Å². The van der Waals surface area contributed by atoms with E-state index >= 15 is 0 Å². The Morgan fingerprint density at radius 3 is 2.61 bits per heavy atom. The van der Waals surface area contributed by atoms with Crippen LogP contribution in [0.15, 0.2) is 24.3 Å². The summed E-state index contributed by atoms with van der Waals surface area (Å²) in [6, 6.07) is 8.54. The molecule has 0 atom stereocenters. The minimum atomic E-state index is 0.0329. The lowest BCUT2D eigenvalue weighted by atomic mass is 10.1. The first-order valence-electron chi connectivity index (χ1n) is 10.6. The van der Waals surface area contributed by atoms with Crippen molar-refractivity contribution >= 4 is 28.6 Å². The van der Waals surface area contributed by atoms with Crippen molar-refractivity contribution in [3.63, 3.8) is 0 Å². The van der Waals surface area contributed by atoms with Crippen molar-refractivity contribution in [1.29, 1.82) is 0 Å². The molecule has 1 aromatic heterocycles. The van der Waals surface area contributed by atoms with Crippen LogP contribution in [-0.2, 0) is 12.8 Å². The van der Waals surface area contributed by atoms with Crippen LogP contribution < -0.4 is 10.2 Å². The van der Waals surface area contributed by atoms with Gasteiger partial charge in [0.05, 0.1) is 4.88 Å². The number of carbonyl (C=O) groups excluding carboxylic acids is 1. The maximum atomic E-state index is 12.8. The minimum absolute atomic E-state index is 0.0329. The number of piperazine rings is 1. The molecule has 1 aromatic carbocycles. The number of likely N-dealkylation sites (N-methyl/N-ethyl adjacent to an activating group) is 1. The average Bonchev–Trinajstić information content (AvgIpc) is 3.00. The molecule has 1 aliphatic heterocycles. The molecule has 2 aliphatic rings. The Hall–Kier alpha value is -1.85. The molecule has 0 radical (unpaired) electrons. The quantitative estimate of drug-likeness (QED) is 0.758. The molecule has 4 nitrogen and oxygen atoms in total. The Labute approximate surface area is 172 Å². The summed E-state index contributed by atoms with van der Waals surface area (Å²) in [5.74, 6) is 0.0329. The summed E-state index contributed by atoms with van der Waals surface area (Å²) in [7, 11) is 0. The van der Waals surface area contributed by atoms with Gasteiger partial charge in [0.2, 0.25) is 0 Å². The van der Waals surface area contributed by atoms with E-state index in [-0.39, 0.29) is 5.91 Å². The van der Waals surface area contributed by atoms with Crippen LogP contribution in [0, 0.1) is 6.92 Å². The third-order valence-electron chi connectivity index (χ3n) is 6.11. The van der Waals surface area contributed by atoms with Gasteiger partial charge in [-0.25, -0.2) is 0 Å². The first kappa shape index (κ1) is 19.5. The third-order valence-corrected chi connectivity index (χ3v) is 7.35. The molecule has 1 aliphatic carbocycles. The van der Waals surface area contributed by atoms with Crippen LogP contribution in [0.1, 0.15) is 51.9 Å². The number of nitrogens with one attached hydrogen (secondary N) is 1. The molecule has 1 N–H and O–H groups in total. The molecule has 1 saturated heterocycles. The Kier molecular flexibility index (Phi) is 6.02. The van der Waals surface area contributed by atoms with Crippen molar-refractivity contribution in [2.75, 3.05) is 42.9 Å². The van der Waals surface area contributed by atoms with E-state index < -0.39 is 0 Å². The van der Waals surface area contributed by atoms with Crippen molar-refractivity contribution in [2.45, 2.75) is 46.0 Å². The first-order chi connectivity index (χ1) is 13.6. The van der Waals surface area contributed by atoms with E-state index in [0.717, 1.165) is 61.7 Å². The number of aryl methyl sites for hydroxylation is 3. The van der Waals surface area contributed by atoms with Gasteiger partial charge in [-0.3, -0.25) is 4.79 Å². The number of amides is 1. The Morgan fingerprint density at radius 2 is 1.86 bits per heavy atom. The zero-order chi connectivity index (χ0) is 19.5. The zero-order valence-electron chi connectivity index (χ0n) is 17.1. The Bertz CT molecular complexity index is 813. The fourth-order valence-electron chi connectivity index (χ4n) is 4.27. The normalized spacial score (nSPS) is 17.9. The second-order valence-corrected chi connectivity index (χ2v) is 9.13. The van der Waals surface area contributed by atoms with Crippen LogP contribution in [0.2, 0.25) is 0 Å². The largest absolute Gasteiger partial charge is 0.369 e. The van der Waals surface area contributed by atoms with Crippen LogP contribution in [0.25, 0.3) is 0 Å². The van der Waals surface area contributed by atoms with Crippen LogP contribution in [0.3, 0.4) is 0 Å². The topological polar surface area (TPSA) is 35.6 Å². The van der Waals surface area contributed by atoms with E-state index in [4.69, 9.17) is 0 Å². The SMILES string of the molecule is CCN1CCN(c2ccc(NC(=O)c3cc4c(s3)CCCCC4)c(C)c2)CC1. The molecule has 0 bridgehead atoms. The summed E-state index contributed by atoms with van der Waals surface area (Å²) in [4.78, 5) is 20.0. The van der Waals surface area contributed by atoms with Crippen molar-refractivity contribution in [3.05, 3.63) is 45.1 Å². The van der Waals surface area contributed by atoms with E-state index in [1.165, 1.54) is 35.4 Å². The van der Waals surface area contributed by atoms with E-state index in [2.05, 4.69) is 53.2 Å². The van der Waals surface area contributed by atoms with Gasteiger partial charge in [0.15, 0.2) is 0 Å². The highest BCUT2D eigenvalue weighted by atomic mass is 32.1. The van der Waals surface area contributed by atoms with Crippen molar-refractivity contribution in [1.82, 2.24) is 4.90 Å². The molecule has 2 aromatic rings. The molecule has 150 valence electrons. The smallest absolute Gasteiger partial charge is 0.265 e. The molecule has 28 heavy (non-hydrogen) atoms. The Morgan fingerprint density at radius 1 is 1.07 bits per heavy atom. The van der Waals surface area contributed by atoms with E-state index in [1.807, 2.05) is 0 Å². The van der Waals surface area contributed by atoms with Gasteiger partial charge in [0.1, 0.15) is 0 Å². The molecular formula is C23H31N3OS. The molecule has 4 rings (SSSR count). The van der Waals surface area contributed by atoms with E-state index in [9.17, 15) is 4.79 Å². The lowest BCUT2D eigenvalue weighted by Crippen LogP contribution is -2.46. The van der Waals surface area contributed by atoms with Gasteiger partial charge >= 0.3 is 0 Å². The zero-order valence-corrected chi connectivity index (χ0v) is 17.9. The average molecular weight is 398 g/mol. The molecular weight excluding hydrogens is 366 g/mol. The fraction of sp³-hybridized carbons (Fsp3) is 0.522. The summed E-state index contributed by atoms with van der Waals surface area (Å²) >= 11 is 1.69. The van der Waals surface area contributed by atoms with Gasteiger partial charge in [-0.2, -0.15) is 0 Å². The minimum Gasteiger partial charge on any atom is -0.369 e. The van der Waals surface area contributed by atoms with E-state index in [1.54, 1.807) is 11.3 Å². The van der Waals surface area contributed by atoms with Crippen LogP contribution in [-0.4, -0.2) is 43.5 Å². The highest BCUT2D eigenvalue weighted by Gasteiger charge is 2.19. The maximum absolute atomic E-state index is 12.8. The van der Waals surface area contributed by atoms with Gasteiger partial charge in [0, 0.05) is 42.4 Å². The lowest BCUT2D eigenvalue weighted by molar-refractivity contribution is 0.103. The number of nitrogens with zero attached hydrogens (tertiary/aromatic N) is 2. The van der Waals surface area contributed by atoms with Crippen LogP contribution in [0.5, 0.6) is 0 Å². The number of hydrogen-bond acceptors (Lipinski definition) is 4. The predicted octanol–water partition coefficient (Wildman–Crippen LogP) is 4.72. The standard InChI is InChI=1S/C23H31N3OS/c1-3-25-11-13-26(14-12-25)19-9-10-20(17(2)15-19)24-23(27)22-16-18-7-5-4-6-8-21(18)28-22/h9-10,15-16H,3-8,11-14H2,1-2H3,(H,24,27). The number of anilines is 2. The monoisotopic (exact) mass is 397 g/mol. The molecule has 0 saturated carbocycles. The summed E-state index contributed by atoms with van der Waals surface area (Å²) in [6.45, 7) is 9.82. The van der Waals surface area contributed by atoms with Crippen molar-refractivity contribution < 1.29 is 4.79 Å². The number of carbonyl (C=O) groups is 1. The van der Waals surface area contributed by atoms with Crippen LogP contribution >= 0.6 is 11.3 Å². The summed E-state index contributed by atoms with van der Waals surface area (Å²) < 4.78 is 0. The number of thiophene rings is 1. The molecule has 2 heterocycles. The van der Waals surface area contributed by atoms with Gasteiger partial charge in [-0.1, -0.05) is 13.3 Å². The highest BCUT2D eigenvalue weighted by molar-refractivity contribution is 7.14. The number of hydrogen-bond donors (Lipinski definition) is 1. The van der Waals surface area contributed by atoms with Gasteiger partial charge in [-0.05, 0) is 74.5 Å². The lowest BCUT2D eigenvalue weighted by Gasteiger charge is -2.35. The summed E-state index contributed by atoms with van der Waals surface area (Å²) in [5.41, 5.74) is 4.70. The third kappa shape index (κ3) is 4.26. The Balaban J connectivity index is 1.43. The maximum Gasteiger partial charge on any atom is 0.265 e. The highest BCUT2D eigenvalue weighted by Crippen LogP contribution is 2.30. The van der Waals surface area contributed by atoms with Gasteiger partial charge < -0.3 is 15.1 Å². The number of rotatable bonds is 4. The van der Waals surface area contributed by atoms with Crippen LogP contribution in [0.4, 0.5) is 11.4 Å². The summed E-state index contributed by atoms with van der Waals surface area (Å²) in [6.07, 6.45) is 6.06. The molecule has 1 fully saturated rings. The first-order valence-corrected chi connectivity index (χ1v) is 11.5. The molecule has 5 heteroatoms. The summed E-state index contributed by atoms with van der Waals surface area (Å²) in [5, 5.41) is 3.14. The van der Waals surface area contributed by atoms with Crippen molar-refractivity contribution in [3.8, 4) is 0 Å². The van der Waals surface area contributed by atoms with Gasteiger partial charge in [0.25, 0.3) is 5.91 Å². The number of benzene rings is 1. The molecule has 0 spiro atoms. The second-order valence-electron chi connectivity index (χ2n) is 7.99. The molecule has 1 amide bonds. The molecule has 0 unspecified atom stereocenters. The van der Waals surface area contributed by atoms with Crippen molar-refractivity contribution in [2.24, 2.45) is 0 Å². The van der Waals surface area contributed by atoms with E-state index in [0.29, 0.717) is 0 Å². The second kappa shape index (κ2) is 8.66. The predicted molar refractivity (Wildman–Crippen MR) is 119 cm³/mol.